The molecule has 8 heteroatoms. The van der Waals surface area contributed by atoms with Crippen LogP contribution in [-0.4, -0.2) is 23.7 Å². The molecule has 1 aromatic carbocycles. The van der Waals surface area contributed by atoms with Crippen LogP contribution in [0, 0.1) is 6.92 Å². The second-order valence-electron chi connectivity index (χ2n) is 4.30. The molecule has 0 amide bonds. The highest BCUT2D eigenvalue weighted by atomic mass is 32.2. The molecular formula is C12H15N3O4S. The molecule has 1 atom stereocenters. The maximum Gasteiger partial charge on any atom is 0.241 e. The second-order valence-corrected chi connectivity index (χ2v) is 6.07. The van der Waals surface area contributed by atoms with Crippen LogP contribution < -0.4 is 4.72 Å². The lowest BCUT2D eigenvalue weighted by atomic mass is 10.1. The van der Waals surface area contributed by atoms with Crippen molar-refractivity contribution in [2.45, 2.75) is 31.4 Å². The van der Waals surface area contributed by atoms with E-state index in [9.17, 15) is 13.5 Å². The van der Waals surface area contributed by atoms with Crippen LogP contribution in [0.15, 0.2) is 33.7 Å². The molecule has 1 unspecified atom stereocenters. The van der Waals surface area contributed by atoms with Crippen molar-refractivity contribution in [2.75, 3.05) is 0 Å². The lowest BCUT2D eigenvalue weighted by Crippen LogP contribution is -2.23. The molecule has 1 heterocycles. The molecule has 2 rings (SSSR count). The van der Waals surface area contributed by atoms with E-state index in [0.717, 1.165) is 0 Å². The summed E-state index contributed by atoms with van der Waals surface area (Å²) in [6, 6.07) is 6.00. The minimum absolute atomic E-state index is 0.0681. The Morgan fingerprint density at radius 1 is 1.35 bits per heavy atom. The summed E-state index contributed by atoms with van der Waals surface area (Å²) in [5, 5.41) is 13.0. The Morgan fingerprint density at radius 2 is 2.00 bits per heavy atom. The zero-order valence-electron chi connectivity index (χ0n) is 11.1. The summed E-state index contributed by atoms with van der Waals surface area (Å²) in [4.78, 5) is 4.02. The van der Waals surface area contributed by atoms with Gasteiger partial charge in [0.05, 0.1) is 17.5 Å². The van der Waals surface area contributed by atoms with Gasteiger partial charge in [-0.2, -0.15) is 4.98 Å². The van der Waals surface area contributed by atoms with Gasteiger partial charge in [0.1, 0.15) is 0 Å². The number of benzene rings is 1. The first-order chi connectivity index (χ1) is 9.38. The average molecular weight is 297 g/mol. The molecule has 20 heavy (non-hydrogen) atoms. The van der Waals surface area contributed by atoms with Gasteiger partial charge in [-0.3, -0.25) is 0 Å². The van der Waals surface area contributed by atoms with Gasteiger partial charge in [-0.1, -0.05) is 17.3 Å². The van der Waals surface area contributed by atoms with Gasteiger partial charge >= 0.3 is 0 Å². The fourth-order valence-corrected chi connectivity index (χ4v) is 2.55. The van der Waals surface area contributed by atoms with Crippen LogP contribution in [-0.2, 0) is 16.6 Å². The number of hydrogen-bond donors (Lipinski definition) is 2. The quantitative estimate of drug-likeness (QED) is 0.849. The molecular weight excluding hydrogens is 282 g/mol. The van der Waals surface area contributed by atoms with Gasteiger partial charge in [-0.25, -0.2) is 13.1 Å². The number of aliphatic hydroxyl groups is 1. The monoisotopic (exact) mass is 297 g/mol. The topological polar surface area (TPSA) is 105 Å². The summed E-state index contributed by atoms with van der Waals surface area (Å²) in [5.74, 6) is 0.646. The molecule has 7 nitrogen and oxygen atoms in total. The van der Waals surface area contributed by atoms with Gasteiger partial charge < -0.3 is 9.63 Å². The molecule has 0 fully saturated rings. The van der Waals surface area contributed by atoms with Crippen molar-refractivity contribution < 1.29 is 18.0 Å². The first kappa shape index (κ1) is 14.6. The Hall–Kier alpha value is -1.77. The van der Waals surface area contributed by atoms with Crippen molar-refractivity contribution in [2.24, 2.45) is 0 Å². The maximum atomic E-state index is 12.0. The lowest BCUT2D eigenvalue weighted by molar-refractivity contribution is 0.199. The molecule has 0 saturated carbocycles. The number of aliphatic hydroxyl groups excluding tert-OH is 1. The summed E-state index contributed by atoms with van der Waals surface area (Å²) < 4.78 is 31.3. The smallest absolute Gasteiger partial charge is 0.241 e. The van der Waals surface area contributed by atoms with Crippen LogP contribution in [0.5, 0.6) is 0 Å². The van der Waals surface area contributed by atoms with Crippen molar-refractivity contribution in [1.82, 2.24) is 14.9 Å². The standard InChI is InChI=1S/C12H15N3O4S/c1-8(16)10-3-5-11(6-4-10)20(17,18)13-7-12-14-9(2)15-19-12/h3-6,8,13,16H,7H2,1-2H3. The van der Waals surface area contributed by atoms with Crippen LogP contribution in [0.2, 0.25) is 0 Å². The van der Waals surface area contributed by atoms with Gasteiger partial charge in [-0.15, -0.1) is 0 Å². The molecule has 0 aliphatic carbocycles. The van der Waals surface area contributed by atoms with E-state index in [4.69, 9.17) is 4.52 Å². The van der Waals surface area contributed by atoms with E-state index in [2.05, 4.69) is 14.9 Å². The molecule has 0 spiro atoms. The Bertz CT molecular complexity index is 677. The molecule has 108 valence electrons. The van der Waals surface area contributed by atoms with E-state index < -0.39 is 16.1 Å². The summed E-state index contributed by atoms with van der Waals surface area (Å²) in [7, 11) is -3.65. The summed E-state index contributed by atoms with van der Waals surface area (Å²) in [5.41, 5.74) is 0.650. The number of rotatable bonds is 5. The van der Waals surface area contributed by atoms with Gasteiger partial charge in [0.2, 0.25) is 15.9 Å². The Morgan fingerprint density at radius 3 is 2.50 bits per heavy atom. The highest BCUT2D eigenvalue weighted by Gasteiger charge is 2.15. The van der Waals surface area contributed by atoms with Crippen molar-refractivity contribution in [1.29, 1.82) is 0 Å². The largest absolute Gasteiger partial charge is 0.389 e. The molecule has 2 aromatic rings. The number of hydrogen-bond acceptors (Lipinski definition) is 6. The highest BCUT2D eigenvalue weighted by Crippen LogP contribution is 2.16. The van der Waals surface area contributed by atoms with Crippen LogP contribution >= 0.6 is 0 Å². The third-order valence-corrected chi connectivity index (χ3v) is 4.07. The van der Waals surface area contributed by atoms with Gasteiger partial charge in [0, 0.05) is 0 Å². The summed E-state index contributed by atoms with van der Waals surface area (Å²) >= 11 is 0. The van der Waals surface area contributed by atoms with Crippen LogP contribution in [0.4, 0.5) is 0 Å². The molecule has 0 saturated heterocycles. The normalized spacial score (nSPS) is 13.3. The number of aromatic nitrogens is 2. The van der Waals surface area contributed by atoms with E-state index in [1.165, 1.54) is 12.1 Å². The molecule has 1 aromatic heterocycles. The van der Waals surface area contributed by atoms with E-state index in [1.54, 1.807) is 26.0 Å². The number of sulfonamides is 1. The Balaban J connectivity index is 2.09. The summed E-state index contributed by atoms with van der Waals surface area (Å²) in [6.45, 7) is 3.19. The van der Waals surface area contributed by atoms with Crippen LogP contribution in [0.1, 0.15) is 30.3 Å². The van der Waals surface area contributed by atoms with Crippen molar-refractivity contribution >= 4 is 10.0 Å². The highest BCUT2D eigenvalue weighted by molar-refractivity contribution is 7.89. The zero-order valence-corrected chi connectivity index (χ0v) is 11.9. The predicted octanol–water partition coefficient (Wildman–Crippen LogP) is 0.910. The Kier molecular flexibility index (Phi) is 4.17. The Labute approximate surface area is 116 Å². The van der Waals surface area contributed by atoms with E-state index >= 15 is 0 Å². The number of aryl methyl sites for hydroxylation is 1. The van der Waals surface area contributed by atoms with Crippen LogP contribution in [0.3, 0.4) is 0 Å². The molecule has 0 aliphatic rings. The summed E-state index contributed by atoms with van der Waals surface area (Å²) in [6.07, 6.45) is -0.638. The average Bonchev–Trinajstić information content (AvgIpc) is 2.82. The van der Waals surface area contributed by atoms with Crippen LogP contribution in [0.25, 0.3) is 0 Å². The van der Waals surface area contributed by atoms with E-state index in [1.807, 2.05) is 0 Å². The van der Waals surface area contributed by atoms with E-state index in [0.29, 0.717) is 11.4 Å². The molecule has 0 aliphatic heterocycles. The van der Waals surface area contributed by atoms with Gasteiger partial charge in [0.15, 0.2) is 5.82 Å². The van der Waals surface area contributed by atoms with Gasteiger partial charge in [0.25, 0.3) is 0 Å². The minimum Gasteiger partial charge on any atom is -0.389 e. The van der Waals surface area contributed by atoms with Gasteiger partial charge in [-0.05, 0) is 31.5 Å². The number of nitrogens with zero attached hydrogens (tertiary/aromatic N) is 2. The first-order valence-corrected chi connectivity index (χ1v) is 7.43. The third kappa shape index (κ3) is 3.41. The molecule has 2 N–H and O–H groups in total. The molecule has 0 radical (unpaired) electrons. The lowest BCUT2D eigenvalue weighted by Gasteiger charge is -2.07. The zero-order chi connectivity index (χ0) is 14.8. The fraction of sp³-hybridized carbons (Fsp3) is 0.333. The number of nitrogens with one attached hydrogen (secondary N) is 1. The molecule has 0 bridgehead atoms. The van der Waals surface area contributed by atoms with E-state index in [-0.39, 0.29) is 17.3 Å². The predicted molar refractivity (Wildman–Crippen MR) is 70.1 cm³/mol. The van der Waals surface area contributed by atoms with Crippen molar-refractivity contribution in [3.63, 3.8) is 0 Å². The second kappa shape index (κ2) is 5.70. The third-order valence-electron chi connectivity index (χ3n) is 2.66. The maximum absolute atomic E-state index is 12.0. The SMILES string of the molecule is Cc1noc(CNS(=O)(=O)c2ccc(C(C)O)cc2)n1. The minimum atomic E-state index is -3.65. The fourth-order valence-electron chi connectivity index (χ4n) is 1.58. The van der Waals surface area contributed by atoms with Crippen molar-refractivity contribution in [3.8, 4) is 0 Å². The van der Waals surface area contributed by atoms with Crippen molar-refractivity contribution in [3.05, 3.63) is 41.5 Å². The first-order valence-electron chi connectivity index (χ1n) is 5.95.